The van der Waals surface area contributed by atoms with Crippen molar-refractivity contribution < 1.29 is 0 Å². The molecule has 0 saturated heterocycles. The summed E-state index contributed by atoms with van der Waals surface area (Å²) in [7, 11) is 0. The van der Waals surface area contributed by atoms with Crippen LogP contribution in [0.1, 0.15) is 49.7 Å². The minimum atomic E-state index is 0.702. The summed E-state index contributed by atoms with van der Waals surface area (Å²) in [5, 5.41) is 9.69. The Hall–Kier alpha value is -2.05. The van der Waals surface area contributed by atoms with E-state index in [-0.39, 0.29) is 0 Å². The Morgan fingerprint density at radius 1 is 1.42 bits per heavy atom. The third kappa shape index (κ3) is 3.39. The van der Waals surface area contributed by atoms with Crippen molar-refractivity contribution in [2.45, 2.75) is 40.5 Å². The first kappa shape index (κ1) is 18.3. The van der Waals surface area contributed by atoms with Crippen molar-refractivity contribution in [3.05, 3.63) is 63.0 Å². The van der Waals surface area contributed by atoms with Gasteiger partial charge in [0.1, 0.15) is 6.07 Å². The van der Waals surface area contributed by atoms with E-state index in [9.17, 15) is 5.26 Å². The number of halogens is 1. The van der Waals surface area contributed by atoms with Gasteiger partial charge in [-0.2, -0.15) is 5.26 Å². The van der Waals surface area contributed by atoms with Crippen LogP contribution in [0.25, 0.3) is 17.8 Å². The van der Waals surface area contributed by atoms with E-state index < -0.39 is 0 Å². The van der Waals surface area contributed by atoms with Crippen LogP contribution in [-0.2, 0) is 6.42 Å². The van der Waals surface area contributed by atoms with Gasteiger partial charge in [-0.1, -0.05) is 59.3 Å². The molecular weight excluding hydrogens is 360 g/mol. The SMILES string of the molecule is C/C=C\c1c(C)c2c(n1C(=C(/C)Br)/C(C#N)=C\CC)CC=CC=C2. The van der Waals surface area contributed by atoms with Gasteiger partial charge in [0.05, 0.1) is 11.3 Å². The molecule has 24 heavy (non-hydrogen) atoms. The minimum Gasteiger partial charge on any atom is -0.311 e. The summed E-state index contributed by atoms with van der Waals surface area (Å²) in [5.41, 5.74) is 6.47. The Labute approximate surface area is 153 Å². The fourth-order valence-electron chi connectivity index (χ4n) is 3.09. The summed E-state index contributed by atoms with van der Waals surface area (Å²) in [6, 6.07) is 2.38. The lowest BCUT2D eigenvalue weighted by atomic mass is 10.1. The zero-order valence-electron chi connectivity index (χ0n) is 14.7. The van der Waals surface area contributed by atoms with Gasteiger partial charge in [0.2, 0.25) is 0 Å². The Morgan fingerprint density at radius 3 is 2.75 bits per heavy atom. The summed E-state index contributed by atoms with van der Waals surface area (Å²) in [4.78, 5) is 0. The fraction of sp³-hybridized carbons (Fsp3) is 0.286. The molecule has 0 saturated carbocycles. The Kier molecular flexibility index (Phi) is 6.23. The van der Waals surface area contributed by atoms with E-state index in [1.54, 1.807) is 0 Å². The number of nitriles is 1. The molecule has 1 aliphatic carbocycles. The van der Waals surface area contributed by atoms with Crippen LogP contribution in [0, 0.1) is 18.3 Å². The van der Waals surface area contributed by atoms with Gasteiger partial charge >= 0.3 is 0 Å². The highest BCUT2D eigenvalue weighted by Crippen LogP contribution is 2.35. The molecule has 0 unspecified atom stereocenters. The van der Waals surface area contributed by atoms with Crippen molar-refractivity contribution in [3.8, 4) is 6.07 Å². The van der Waals surface area contributed by atoms with Gasteiger partial charge in [0, 0.05) is 22.3 Å². The molecule has 0 N–H and O–H groups in total. The number of allylic oxidation sites excluding steroid dienone is 8. The zero-order valence-corrected chi connectivity index (χ0v) is 16.3. The number of rotatable bonds is 4. The van der Waals surface area contributed by atoms with Crippen molar-refractivity contribution >= 4 is 33.8 Å². The molecule has 0 bridgehead atoms. The van der Waals surface area contributed by atoms with Crippen LogP contribution in [0.5, 0.6) is 0 Å². The van der Waals surface area contributed by atoms with Crippen molar-refractivity contribution in [2.24, 2.45) is 0 Å². The van der Waals surface area contributed by atoms with E-state index in [0.717, 1.165) is 28.7 Å². The monoisotopic (exact) mass is 382 g/mol. The second-order valence-electron chi connectivity index (χ2n) is 5.72. The van der Waals surface area contributed by atoms with E-state index in [1.807, 2.05) is 19.9 Å². The molecule has 2 nitrogen and oxygen atoms in total. The first-order valence-electron chi connectivity index (χ1n) is 8.24. The lowest BCUT2D eigenvalue weighted by Gasteiger charge is -2.17. The molecule has 0 spiro atoms. The highest BCUT2D eigenvalue weighted by molar-refractivity contribution is 9.11. The topological polar surface area (TPSA) is 28.7 Å². The van der Waals surface area contributed by atoms with Crippen LogP contribution >= 0.6 is 15.9 Å². The molecule has 124 valence electrons. The predicted octanol–water partition coefficient (Wildman–Crippen LogP) is 6.40. The van der Waals surface area contributed by atoms with Gasteiger partial charge in [-0.05, 0) is 44.4 Å². The maximum absolute atomic E-state index is 9.69. The highest BCUT2D eigenvalue weighted by Gasteiger charge is 2.22. The molecule has 1 heterocycles. The molecule has 0 amide bonds. The lowest BCUT2D eigenvalue weighted by Crippen LogP contribution is -2.07. The Bertz CT molecular complexity index is 817. The quantitative estimate of drug-likeness (QED) is 0.437. The largest absolute Gasteiger partial charge is 0.311 e. The van der Waals surface area contributed by atoms with Gasteiger partial charge in [0.15, 0.2) is 0 Å². The van der Waals surface area contributed by atoms with Crippen molar-refractivity contribution in [1.82, 2.24) is 4.57 Å². The molecule has 3 heteroatoms. The normalized spacial score (nSPS) is 15.2. The van der Waals surface area contributed by atoms with E-state index in [1.165, 1.54) is 16.8 Å². The number of hydrogen-bond acceptors (Lipinski definition) is 1. The first-order valence-corrected chi connectivity index (χ1v) is 9.03. The molecular formula is C21H23BrN2. The van der Waals surface area contributed by atoms with Gasteiger partial charge < -0.3 is 4.57 Å². The fourth-order valence-corrected chi connectivity index (χ4v) is 3.48. The van der Waals surface area contributed by atoms with Gasteiger partial charge in [0.25, 0.3) is 0 Å². The molecule has 0 atom stereocenters. The van der Waals surface area contributed by atoms with Gasteiger partial charge in [-0.15, -0.1) is 0 Å². The van der Waals surface area contributed by atoms with Crippen LogP contribution in [0.3, 0.4) is 0 Å². The maximum Gasteiger partial charge on any atom is 0.101 e. The molecule has 0 aliphatic heterocycles. The predicted molar refractivity (Wildman–Crippen MR) is 108 cm³/mol. The standard InChI is InChI=1S/C21H23BrN2/c1-5-10-17(14-23)21(16(4)22)24-19(11-6-2)15(3)18-12-8-7-9-13-20(18)24/h6-12H,5,13H2,1-4H3/b11-6-,17-10-,21-16-. The second kappa shape index (κ2) is 8.17. The zero-order chi connectivity index (χ0) is 17.7. The molecule has 1 aliphatic rings. The van der Waals surface area contributed by atoms with E-state index >= 15 is 0 Å². The first-order chi connectivity index (χ1) is 11.6. The summed E-state index contributed by atoms with van der Waals surface area (Å²) < 4.78 is 3.20. The minimum absolute atomic E-state index is 0.702. The third-order valence-corrected chi connectivity index (χ3v) is 4.47. The number of nitrogens with zero attached hydrogens (tertiary/aromatic N) is 2. The van der Waals surface area contributed by atoms with E-state index in [0.29, 0.717) is 5.57 Å². The van der Waals surface area contributed by atoms with Crippen molar-refractivity contribution in [2.75, 3.05) is 0 Å². The average Bonchev–Trinajstić information content (AvgIpc) is 2.73. The molecule has 0 fully saturated rings. The number of hydrogen-bond donors (Lipinski definition) is 0. The summed E-state index contributed by atoms with van der Waals surface area (Å²) in [5.74, 6) is 0. The molecule has 1 aromatic rings. The molecule has 0 radical (unpaired) electrons. The smallest absolute Gasteiger partial charge is 0.101 e. The summed E-state index contributed by atoms with van der Waals surface area (Å²) in [6.07, 6.45) is 16.3. The molecule has 1 aromatic heterocycles. The molecule has 2 rings (SSSR count). The second-order valence-corrected chi connectivity index (χ2v) is 6.91. The number of aromatic nitrogens is 1. The van der Waals surface area contributed by atoms with Crippen LogP contribution < -0.4 is 0 Å². The maximum atomic E-state index is 9.69. The summed E-state index contributed by atoms with van der Waals surface area (Å²) in [6.45, 7) is 8.23. The third-order valence-electron chi connectivity index (χ3n) is 4.09. The Morgan fingerprint density at radius 2 is 2.17 bits per heavy atom. The summed E-state index contributed by atoms with van der Waals surface area (Å²) >= 11 is 3.64. The lowest BCUT2D eigenvalue weighted by molar-refractivity contribution is 0.978. The number of fused-ring (bicyclic) bond motifs is 1. The van der Waals surface area contributed by atoms with Crippen LogP contribution in [-0.4, -0.2) is 4.57 Å². The Balaban J connectivity index is 2.88. The van der Waals surface area contributed by atoms with E-state index in [4.69, 9.17) is 0 Å². The van der Waals surface area contributed by atoms with Gasteiger partial charge in [-0.25, -0.2) is 0 Å². The molecule has 0 aromatic carbocycles. The van der Waals surface area contributed by atoms with Crippen LogP contribution in [0.4, 0.5) is 0 Å². The van der Waals surface area contributed by atoms with Gasteiger partial charge in [-0.3, -0.25) is 0 Å². The van der Waals surface area contributed by atoms with Crippen LogP contribution in [0.2, 0.25) is 0 Å². The highest BCUT2D eigenvalue weighted by atomic mass is 79.9. The van der Waals surface area contributed by atoms with Crippen molar-refractivity contribution in [1.29, 1.82) is 5.26 Å². The average molecular weight is 383 g/mol. The van der Waals surface area contributed by atoms with Crippen LogP contribution in [0.15, 0.2) is 40.4 Å². The van der Waals surface area contributed by atoms with E-state index in [2.05, 4.69) is 76.9 Å². The van der Waals surface area contributed by atoms with Crippen molar-refractivity contribution in [3.63, 3.8) is 0 Å².